The van der Waals surface area contributed by atoms with Crippen LogP contribution >= 0.6 is 0 Å². The molecule has 17 heavy (non-hydrogen) atoms. The first-order valence-corrected chi connectivity index (χ1v) is 6.27. The summed E-state index contributed by atoms with van der Waals surface area (Å²) in [4.78, 5) is 0. The largest absolute Gasteiger partial charge is 0.486 e. The van der Waals surface area contributed by atoms with E-state index in [0.29, 0.717) is 25.2 Å². The van der Waals surface area contributed by atoms with Crippen LogP contribution in [0.5, 0.6) is 11.5 Å². The highest BCUT2D eigenvalue weighted by atomic mass is 16.6. The van der Waals surface area contributed by atoms with E-state index >= 15 is 0 Å². The summed E-state index contributed by atoms with van der Waals surface area (Å²) >= 11 is 0. The third-order valence-corrected chi connectivity index (χ3v) is 3.34. The van der Waals surface area contributed by atoms with Gasteiger partial charge in [0.05, 0.1) is 0 Å². The molecule has 1 aromatic carbocycles. The lowest BCUT2D eigenvalue weighted by Gasteiger charge is -2.21. The Morgan fingerprint density at radius 2 is 1.88 bits per heavy atom. The third-order valence-electron chi connectivity index (χ3n) is 3.34. The van der Waals surface area contributed by atoms with E-state index in [2.05, 4.69) is 31.3 Å². The first-order valence-electron chi connectivity index (χ1n) is 6.27. The zero-order valence-electron chi connectivity index (χ0n) is 10.8. The number of hydrogen-bond acceptors (Lipinski definition) is 3. The Kier molecular flexibility index (Phi) is 3.89. The fraction of sp³-hybridized carbons (Fsp3) is 0.571. The Hall–Kier alpha value is -1.22. The normalized spacial score (nSPS) is 17.6. The molecule has 1 aliphatic rings. The van der Waals surface area contributed by atoms with Crippen LogP contribution in [0.3, 0.4) is 0 Å². The van der Waals surface area contributed by atoms with Gasteiger partial charge in [0.25, 0.3) is 0 Å². The molecule has 1 aromatic rings. The van der Waals surface area contributed by atoms with Crippen molar-refractivity contribution >= 4 is 0 Å². The van der Waals surface area contributed by atoms with Crippen molar-refractivity contribution in [3.63, 3.8) is 0 Å². The highest BCUT2D eigenvalue weighted by molar-refractivity contribution is 5.44. The summed E-state index contributed by atoms with van der Waals surface area (Å²) in [6, 6.07) is 6.80. The predicted molar refractivity (Wildman–Crippen MR) is 69.0 cm³/mol. The minimum atomic E-state index is 0.522. The maximum absolute atomic E-state index is 5.60. The summed E-state index contributed by atoms with van der Waals surface area (Å²) in [5, 5.41) is 3.27. The highest BCUT2D eigenvalue weighted by Crippen LogP contribution is 2.34. The number of ether oxygens (including phenoxy) is 2. The second kappa shape index (κ2) is 5.41. The first kappa shape index (κ1) is 12.2. The highest BCUT2D eigenvalue weighted by Gasteiger charge is 2.15. The first-order chi connectivity index (χ1) is 8.20. The number of nitrogens with one attached hydrogen (secondary N) is 1. The number of benzene rings is 1. The van der Waals surface area contributed by atoms with Crippen LogP contribution in [-0.4, -0.2) is 26.3 Å². The topological polar surface area (TPSA) is 30.5 Å². The van der Waals surface area contributed by atoms with Crippen LogP contribution in [0.2, 0.25) is 0 Å². The van der Waals surface area contributed by atoms with Crippen molar-refractivity contribution in [1.29, 1.82) is 0 Å². The van der Waals surface area contributed by atoms with Gasteiger partial charge in [0.2, 0.25) is 0 Å². The monoisotopic (exact) mass is 235 g/mol. The van der Waals surface area contributed by atoms with Crippen molar-refractivity contribution < 1.29 is 9.47 Å². The molecule has 3 nitrogen and oxygen atoms in total. The molecular weight excluding hydrogens is 214 g/mol. The van der Waals surface area contributed by atoms with Gasteiger partial charge in [0, 0.05) is 6.04 Å². The smallest absolute Gasteiger partial charge is 0.161 e. The van der Waals surface area contributed by atoms with E-state index in [1.54, 1.807) is 0 Å². The quantitative estimate of drug-likeness (QED) is 0.870. The second-order valence-electron chi connectivity index (χ2n) is 4.73. The molecule has 3 heteroatoms. The van der Waals surface area contributed by atoms with Gasteiger partial charge in [0.1, 0.15) is 13.2 Å². The molecule has 0 radical (unpaired) electrons. The van der Waals surface area contributed by atoms with Crippen LogP contribution in [0, 0.1) is 0 Å². The van der Waals surface area contributed by atoms with Gasteiger partial charge in [-0.05, 0) is 44.0 Å². The molecule has 2 atom stereocenters. The van der Waals surface area contributed by atoms with Gasteiger partial charge in [-0.2, -0.15) is 0 Å². The van der Waals surface area contributed by atoms with E-state index in [0.717, 1.165) is 17.9 Å². The molecule has 0 amide bonds. The van der Waals surface area contributed by atoms with Gasteiger partial charge < -0.3 is 14.8 Å². The SMILES string of the molecule is CNC(C)CC(C)c1ccc2c(c1)OCCO2. The van der Waals surface area contributed by atoms with Crippen LogP contribution in [0.4, 0.5) is 0 Å². The van der Waals surface area contributed by atoms with Gasteiger partial charge >= 0.3 is 0 Å². The molecular formula is C14H21NO2. The molecule has 94 valence electrons. The van der Waals surface area contributed by atoms with Gasteiger partial charge in [-0.3, -0.25) is 0 Å². The molecule has 0 saturated carbocycles. The molecule has 0 saturated heterocycles. The maximum Gasteiger partial charge on any atom is 0.161 e. The summed E-state index contributed by atoms with van der Waals surface area (Å²) in [7, 11) is 2.00. The molecule has 2 unspecified atom stereocenters. The van der Waals surface area contributed by atoms with Crippen LogP contribution in [0.25, 0.3) is 0 Å². The fourth-order valence-electron chi connectivity index (χ4n) is 2.15. The minimum Gasteiger partial charge on any atom is -0.486 e. The number of hydrogen-bond donors (Lipinski definition) is 1. The summed E-state index contributed by atoms with van der Waals surface area (Å²) in [5.74, 6) is 2.28. The summed E-state index contributed by atoms with van der Waals surface area (Å²) in [6.45, 7) is 5.75. The molecule has 2 rings (SSSR count). The van der Waals surface area contributed by atoms with E-state index in [-0.39, 0.29) is 0 Å². The lowest BCUT2D eigenvalue weighted by molar-refractivity contribution is 0.171. The van der Waals surface area contributed by atoms with Crippen LogP contribution in [-0.2, 0) is 0 Å². The van der Waals surface area contributed by atoms with Gasteiger partial charge in [-0.25, -0.2) is 0 Å². The van der Waals surface area contributed by atoms with E-state index in [1.165, 1.54) is 5.56 Å². The van der Waals surface area contributed by atoms with Crippen LogP contribution < -0.4 is 14.8 Å². The molecule has 0 fully saturated rings. The van der Waals surface area contributed by atoms with Crippen LogP contribution in [0.15, 0.2) is 18.2 Å². The predicted octanol–water partition coefficient (Wildman–Crippen LogP) is 2.56. The van der Waals surface area contributed by atoms with Gasteiger partial charge in [-0.1, -0.05) is 13.0 Å². The Morgan fingerprint density at radius 1 is 1.18 bits per heavy atom. The summed E-state index contributed by atoms with van der Waals surface area (Å²) in [6.07, 6.45) is 1.12. The zero-order valence-corrected chi connectivity index (χ0v) is 10.8. The third kappa shape index (κ3) is 2.91. The summed E-state index contributed by atoms with van der Waals surface area (Å²) in [5.41, 5.74) is 1.32. The number of fused-ring (bicyclic) bond motifs is 1. The number of rotatable bonds is 4. The van der Waals surface area contributed by atoms with Crippen molar-refractivity contribution in [3.8, 4) is 11.5 Å². The molecule has 0 aromatic heterocycles. The van der Waals surface area contributed by atoms with Crippen molar-refractivity contribution in [1.82, 2.24) is 5.32 Å². The molecule has 1 aliphatic heterocycles. The fourth-order valence-corrected chi connectivity index (χ4v) is 2.15. The molecule has 1 N–H and O–H groups in total. The van der Waals surface area contributed by atoms with Crippen molar-refractivity contribution in [2.75, 3.05) is 20.3 Å². The van der Waals surface area contributed by atoms with Gasteiger partial charge in [-0.15, -0.1) is 0 Å². The zero-order chi connectivity index (χ0) is 12.3. The lowest BCUT2D eigenvalue weighted by atomic mass is 9.94. The standard InChI is InChI=1S/C14H21NO2/c1-10(8-11(2)15-3)12-4-5-13-14(9-12)17-7-6-16-13/h4-5,9-11,15H,6-8H2,1-3H3. The van der Waals surface area contributed by atoms with Gasteiger partial charge in [0.15, 0.2) is 11.5 Å². The Labute approximate surface area is 103 Å². The Balaban J connectivity index is 2.10. The van der Waals surface area contributed by atoms with E-state index in [4.69, 9.17) is 9.47 Å². The Morgan fingerprint density at radius 3 is 2.59 bits per heavy atom. The molecule has 0 spiro atoms. The van der Waals surface area contributed by atoms with Crippen molar-refractivity contribution in [3.05, 3.63) is 23.8 Å². The van der Waals surface area contributed by atoms with Crippen molar-refractivity contribution in [2.45, 2.75) is 32.2 Å². The van der Waals surface area contributed by atoms with Crippen molar-refractivity contribution in [2.24, 2.45) is 0 Å². The average Bonchev–Trinajstić information content (AvgIpc) is 2.38. The van der Waals surface area contributed by atoms with E-state index < -0.39 is 0 Å². The molecule has 0 bridgehead atoms. The summed E-state index contributed by atoms with van der Waals surface area (Å²) < 4.78 is 11.1. The van der Waals surface area contributed by atoms with E-state index in [9.17, 15) is 0 Å². The van der Waals surface area contributed by atoms with E-state index in [1.807, 2.05) is 13.1 Å². The average molecular weight is 235 g/mol. The Bertz CT molecular complexity index is 378. The lowest BCUT2D eigenvalue weighted by Crippen LogP contribution is -2.23. The maximum atomic E-state index is 5.60. The minimum absolute atomic E-state index is 0.522. The van der Waals surface area contributed by atoms with Crippen LogP contribution in [0.1, 0.15) is 31.7 Å². The molecule has 1 heterocycles. The second-order valence-corrected chi connectivity index (χ2v) is 4.73. The molecule has 0 aliphatic carbocycles.